The largest absolute Gasteiger partial charge is 0.484 e. The number of benzene rings is 1. The van der Waals surface area contributed by atoms with Crippen LogP contribution < -0.4 is 4.74 Å². The molecule has 1 aromatic carbocycles. The summed E-state index contributed by atoms with van der Waals surface area (Å²) in [5.74, 6) is -0.949. The highest BCUT2D eigenvalue weighted by atomic mass is 16.5. The predicted octanol–water partition coefficient (Wildman–Crippen LogP) is 0.420. The number of hydrogen-bond acceptors (Lipinski definition) is 4. The number of carbonyl (C=O) groups excluding carboxylic acids is 1. The Kier molecular flexibility index (Phi) is 4.24. The van der Waals surface area contributed by atoms with Crippen LogP contribution in [0.25, 0.3) is 0 Å². The smallest absolute Gasteiger partial charge is 0.326 e. The quantitative estimate of drug-likeness (QED) is 0.834. The summed E-state index contributed by atoms with van der Waals surface area (Å²) in [4.78, 5) is 24.2. The molecule has 0 bridgehead atoms. The number of carbonyl (C=O) groups is 2. The Hall–Kier alpha value is -2.08. The molecule has 0 saturated carbocycles. The van der Waals surface area contributed by atoms with E-state index in [1.54, 1.807) is 12.1 Å². The molecule has 1 fully saturated rings. The number of aliphatic hydroxyl groups excluding tert-OH is 1. The molecule has 0 aromatic heterocycles. The second-order valence-corrected chi connectivity index (χ2v) is 4.84. The van der Waals surface area contributed by atoms with Crippen LogP contribution in [-0.4, -0.2) is 52.3 Å². The molecule has 1 amide bonds. The number of aliphatic hydroxyl groups is 1. The topological polar surface area (TPSA) is 87.1 Å². The number of aryl methyl sites for hydroxylation is 1. The zero-order valence-electron chi connectivity index (χ0n) is 11.2. The Bertz CT molecular complexity index is 516. The van der Waals surface area contributed by atoms with Gasteiger partial charge in [0.2, 0.25) is 0 Å². The van der Waals surface area contributed by atoms with E-state index in [4.69, 9.17) is 9.84 Å². The Balaban J connectivity index is 1.98. The summed E-state index contributed by atoms with van der Waals surface area (Å²) in [6.07, 6.45) is -0.732. The van der Waals surface area contributed by atoms with Gasteiger partial charge in [-0.1, -0.05) is 18.2 Å². The van der Waals surface area contributed by atoms with Gasteiger partial charge in [0, 0.05) is 13.0 Å². The van der Waals surface area contributed by atoms with E-state index in [9.17, 15) is 14.7 Å². The lowest BCUT2D eigenvalue weighted by Gasteiger charge is -2.21. The number of amides is 1. The first-order valence-corrected chi connectivity index (χ1v) is 6.38. The van der Waals surface area contributed by atoms with Gasteiger partial charge in [0.15, 0.2) is 6.61 Å². The van der Waals surface area contributed by atoms with E-state index < -0.39 is 24.0 Å². The van der Waals surface area contributed by atoms with Gasteiger partial charge in [0.05, 0.1) is 6.10 Å². The van der Waals surface area contributed by atoms with Gasteiger partial charge in [-0.3, -0.25) is 4.79 Å². The highest BCUT2D eigenvalue weighted by molar-refractivity contribution is 5.85. The first kappa shape index (κ1) is 14.3. The number of para-hydroxylation sites is 1. The summed E-state index contributed by atoms with van der Waals surface area (Å²) < 4.78 is 5.41. The van der Waals surface area contributed by atoms with Gasteiger partial charge in [0.25, 0.3) is 5.91 Å². The third-order valence-electron chi connectivity index (χ3n) is 3.33. The van der Waals surface area contributed by atoms with Gasteiger partial charge < -0.3 is 19.8 Å². The van der Waals surface area contributed by atoms with Crippen molar-refractivity contribution in [1.29, 1.82) is 0 Å². The molecule has 2 rings (SSSR count). The van der Waals surface area contributed by atoms with Gasteiger partial charge in [-0.15, -0.1) is 0 Å². The number of ether oxygens (including phenoxy) is 1. The van der Waals surface area contributed by atoms with Crippen molar-refractivity contribution in [1.82, 2.24) is 4.90 Å². The van der Waals surface area contributed by atoms with Crippen molar-refractivity contribution in [3.8, 4) is 5.75 Å². The molecule has 0 spiro atoms. The maximum atomic E-state index is 12.0. The Morgan fingerprint density at radius 2 is 2.10 bits per heavy atom. The van der Waals surface area contributed by atoms with Crippen LogP contribution in [0.3, 0.4) is 0 Å². The number of nitrogens with zero attached hydrogens (tertiary/aromatic N) is 1. The summed E-state index contributed by atoms with van der Waals surface area (Å²) in [7, 11) is 0. The first-order valence-electron chi connectivity index (χ1n) is 6.38. The van der Waals surface area contributed by atoms with Crippen LogP contribution in [0.4, 0.5) is 0 Å². The molecule has 108 valence electrons. The van der Waals surface area contributed by atoms with Crippen LogP contribution >= 0.6 is 0 Å². The van der Waals surface area contributed by atoms with Crippen molar-refractivity contribution in [2.24, 2.45) is 0 Å². The van der Waals surface area contributed by atoms with Gasteiger partial charge in [0.1, 0.15) is 11.8 Å². The lowest BCUT2D eigenvalue weighted by atomic mass is 10.2. The van der Waals surface area contributed by atoms with Crippen LogP contribution in [0.15, 0.2) is 24.3 Å². The van der Waals surface area contributed by atoms with Crippen LogP contribution in [-0.2, 0) is 9.59 Å². The number of hydrogen-bond donors (Lipinski definition) is 2. The Morgan fingerprint density at radius 3 is 2.75 bits per heavy atom. The third kappa shape index (κ3) is 3.08. The summed E-state index contributed by atoms with van der Waals surface area (Å²) in [5.41, 5.74) is 0.900. The van der Waals surface area contributed by atoms with Gasteiger partial charge in [-0.05, 0) is 18.6 Å². The van der Waals surface area contributed by atoms with Crippen molar-refractivity contribution in [2.45, 2.75) is 25.5 Å². The first-order chi connectivity index (χ1) is 9.49. The molecule has 20 heavy (non-hydrogen) atoms. The van der Waals surface area contributed by atoms with E-state index in [0.29, 0.717) is 5.75 Å². The van der Waals surface area contributed by atoms with Crippen molar-refractivity contribution in [3.05, 3.63) is 29.8 Å². The van der Waals surface area contributed by atoms with Crippen molar-refractivity contribution < 1.29 is 24.5 Å². The second kappa shape index (κ2) is 5.92. The number of likely N-dealkylation sites (tertiary alicyclic amines) is 1. The molecular weight excluding hydrogens is 262 g/mol. The highest BCUT2D eigenvalue weighted by Gasteiger charge is 2.38. The molecule has 1 heterocycles. The molecule has 1 unspecified atom stereocenters. The fourth-order valence-electron chi connectivity index (χ4n) is 2.26. The molecule has 2 atom stereocenters. The zero-order chi connectivity index (χ0) is 14.7. The molecule has 1 saturated heterocycles. The summed E-state index contributed by atoms with van der Waals surface area (Å²) in [6, 6.07) is 6.29. The lowest BCUT2D eigenvalue weighted by molar-refractivity contribution is -0.149. The van der Waals surface area contributed by atoms with Crippen molar-refractivity contribution in [3.63, 3.8) is 0 Å². The molecule has 6 nitrogen and oxygen atoms in total. The number of carboxylic acids is 1. The highest BCUT2D eigenvalue weighted by Crippen LogP contribution is 2.20. The fourth-order valence-corrected chi connectivity index (χ4v) is 2.26. The third-order valence-corrected chi connectivity index (χ3v) is 3.33. The van der Waals surface area contributed by atoms with Crippen molar-refractivity contribution >= 4 is 11.9 Å². The summed E-state index contributed by atoms with van der Waals surface area (Å²) >= 11 is 0. The second-order valence-electron chi connectivity index (χ2n) is 4.84. The minimum atomic E-state index is -1.11. The average Bonchev–Trinajstić information content (AvgIpc) is 2.80. The molecule has 2 N–H and O–H groups in total. The van der Waals surface area contributed by atoms with Crippen LogP contribution in [0.1, 0.15) is 12.0 Å². The molecule has 0 radical (unpaired) electrons. The Labute approximate surface area is 116 Å². The molecule has 0 aliphatic carbocycles. The normalized spacial score (nSPS) is 21.8. The SMILES string of the molecule is Cc1ccccc1OCC(=O)N1CC(O)C[C@H]1C(=O)O. The van der Waals surface area contributed by atoms with E-state index in [2.05, 4.69) is 0 Å². The van der Waals surface area contributed by atoms with E-state index in [1.165, 1.54) is 0 Å². The lowest BCUT2D eigenvalue weighted by Crippen LogP contribution is -2.43. The number of aliphatic carboxylic acids is 1. The van der Waals surface area contributed by atoms with Crippen LogP contribution in [0, 0.1) is 6.92 Å². The predicted molar refractivity (Wildman–Crippen MR) is 70.4 cm³/mol. The summed E-state index contributed by atoms with van der Waals surface area (Å²) in [5, 5.41) is 18.5. The number of β-amino-alcohol motifs (C(OH)–C–C–N with tert-alkyl or cyclic N) is 1. The maximum Gasteiger partial charge on any atom is 0.326 e. The van der Waals surface area contributed by atoms with Crippen LogP contribution in [0.2, 0.25) is 0 Å². The molecule has 1 aliphatic rings. The van der Waals surface area contributed by atoms with E-state index in [0.717, 1.165) is 10.5 Å². The van der Waals surface area contributed by atoms with E-state index >= 15 is 0 Å². The average molecular weight is 279 g/mol. The molecular formula is C14H17NO5. The molecule has 1 aromatic rings. The van der Waals surface area contributed by atoms with E-state index in [1.807, 2.05) is 19.1 Å². The fraction of sp³-hybridized carbons (Fsp3) is 0.429. The maximum absolute atomic E-state index is 12.0. The number of carboxylic acid groups (broad SMARTS) is 1. The van der Waals surface area contributed by atoms with Crippen LogP contribution in [0.5, 0.6) is 5.75 Å². The van der Waals surface area contributed by atoms with Gasteiger partial charge >= 0.3 is 5.97 Å². The van der Waals surface area contributed by atoms with Gasteiger partial charge in [-0.25, -0.2) is 4.79 Å². The zero-order valence-corrected chi connectivity index (χ0v) is 11.2. The summed E-state index contributed by atoms with van der Waals surface area (Å²) in [6.45, 7) is 1.66. The van der Waals surface area contributed by atoms with Gasteiger partial charge in [-0.2, -0.15) is 0 Å². The van der Waals surface area contributed by atoms with E-state index in [-0.39, 0.29) is 19.6 Å². The molecule has 1 aliphatic heterocycles. The monoisotopic (exact) mass is 279 g/mol. The standard InChI is InChI=1S/C14H17NO5/c1-9-4-2-3-5-12(9)20-8-13(17)15-7-10(16)6-11(15)14(18)19/h2-5,10-11,16H,6-8H2,1H3,(H,18,19)/t10?,11-/m0/s1. The minimum Gasteiger partial charge on any atom is -0.484 e. The Morgan fingerprint density at radius 1 is 1.40 bits per heavy atom. The minimum absolute atomic E-state index is 0.0347. The number of rotatable bonds is 4. The molecule has 6 heteroatoms. The van der Waals surface area contributed by atoms with Crippen molar-refractivity contribution in [2.75, 3.05) is 13.2 Å².